The zero-order chi connectivity index (χ0) is 17.6. The third-order valence-electron chi connectivity index (χ3n) is 3.53. The van der Waals surface area contributed by atoms with E-state index < -0.39 is 0 Å². The lowest BCUT2D eigenvalue weighted by Gasteiger charge is -2.03. The van der Waals surface area contributed by atoms with Crippen LogP contribution in [0.3, 0.4) is 0 Å². The topological polar surface area (TPSA) is 90.8 Å². The van der Waals surface area contributed by atoms with Crippen LogP contribution in [0.5, 0.6) is 5.75 Å². The first-order valence-electron chi connectivity index (χ1n) is 7.79. The molecule has 124 valence electrons. The van der Waals surface area contributed by atoms with Crippen molar-refractivity contribution in [3.8, 4) is 23.1 Å². The molecule has 3 rings (SSSR count). The minimum absolute atomic E-state index is 0.320. The number of aromatic nitrogens is 2. The van der Waals surface area contributed by atoms with Crippen molar-refractivity contribution < 1.29 is 9.53 Å². The zero-order valence-corrected chi connectivity index (χ0v) is 13.6. The van der Waals surface area contributed by atoms with Crippen LogP contribution in [0.25, 0.3) is 11.3 Å². The molecule has 1 heterocycles. The first kappa shape index (κ1) is 16.3. The van der Waals surface area contributed by atoms with Crippen LogP contribution in [-0.4, -0.2) is 22.7 Å². The summed E-state index contributed by atoms with van der Waals surface area (Å²) in [5, 5.41) is 18.6. The lowest BCUT2D eigenvalue weighted by atomic mass is 10.1. The van der Waals surface area contributed by atoms with Gasteiger partial charge in [0.25, 0.3) is 5.91 Å². The molecular formula is C19H16N4O2. The van der Waals surface area contributed by atoms with Gasteiger partial charge >= 0.3 is 0 Å². The second-order valence-electron chi connectivity index (χ2n) is 5.27. The highest BCUT2D eigenvalue weighted by Crippen LogP contribution is 2.21. The fourth-order valence-electron chi connectivity index (χ4n) is 2.34. The summed E-state index contributed by atoms with van der Waals surface area (Å²) in [5.41, 5.74) is 2.93. The standard InChI is InChI=1S/C19H16N4O2/c1-2-25-16-8-6-14(7-9-16)17-11-18(23-22-17)19(24)21-15-5-3-4-13(10-15)12-20/h3-11H,2H2,1H3,(H,21,24)(H,22,23). The van der Waals surface area contributed by atoms with Gasteiger partial charge in [0, 0.05) is 11.3 Å². The molecule has 2 N–H and O–H groups in total. The normalized spacial score (nSPS) is 10.1. The number of nitrogens with zero attached hydrogens (tertiary/aromatic N) is 2. The van der Waals surface area contributed by atoms with Crippen LogP contribution in [0.1, 0.15) is 23.0 Å². The number of rotatable bonds is 5. The van der Waals surface area contributed by atoms with E-state index in [1.807, 2.05) is 37.3 Å². The number of nitriles is 1. The van der Waals surface area contributed by atoms with Gasteiger partial charge in [0.15, 0.2) is 0 Å². The van der Waals surface area contributed by atoms with Crippen molar-refractivity contribution in [1.29, 1.82) is 5.26 Å². The first-order valence-corrected chi connectivity index (χ1v) is 7.79. The molecule has 1 amide bonds. The van der Waals surface area contributed by atoms with E-state index in [2.05, 4.69) is 15.5 Å². The Morgan fingerprint density at radius 3 is 2.76 bits per heavy atom. The number of hydrogen-bond donors (Lipinski definition) is 2. The van der Waals surface area contributed by atoms with Gasteiger partial charge in [-0.1, -0.05) is 6.07 Å². The van der Waals surface area contributed by atoms with Gasteiger partial charge in [-0.05, 0) is 55.5 Å². The SMILES string of the molecule is CCOc1ccc(-c2cc(C(=O)Nc3cccc(C#N)c3)[nH]n2)cc1. The van der Waals surface area contributed by atoms with Crippen LogP contribution < -0.4 is 10.1 Å². The number of amides is 1. The molecule has 0 spiro atoms. The highest BCUT2D eigenvalue weighted by molar-refractivity contribution is 6.03. The molecule has 0 saturated carbocycles. The van der Waals surface area contributed by atoms with Gasteiger partial charge < -0.3 is 10.1 Å². The predicted octanol–water partition coefficient (Wildman–Crippen LogP) is 3.60. The Hall–Kier alpha value is -3.59. The molecule has 0 bridgehead atoms. The number of H-pyrrole nitrogens is 1. The molecular weight excluding hydrogens is 316 g/mol. The third kappa shape index (κ3) is 3.85. The Morgan fingerprint density at radius 2 is 2.04 bits per heavy atom. The van der Waals surface area contributed by atoms with Gasteiger partial charge in [-0.15, -0.1) is 0 Å². The van der Waals surface area contributed by atoms with Crippen molar-refractivity contribution in [2.45, 2.75) is 6.92 Å². The van der Waals surface area contributed by atoms with Crippen molar-refractivity contribution in [1.82, 2.24) is 10.2 Å². The molecule has 6 nitrogen and oxygen atoms in total. The molecule has 1 aromatic heterocycles. The zero-order valence-electron chi connectivity index (χ0n) is 13.6. The van der Waals surface area contributed by atoms with Gasteiger partial charge in [-0.2, -0.15) is 10.4 Å². The Labute approximate surface area is 145 Å². The molecule has 0 aliphatic carbocycles. The maximum absolute atomic E-state index is 12.3. The lowest BCUT2D eigenvalue weighted by molar-refractivity contribution is 0.102. The summed E-state index contributed by atoms with van der Waals surface area (Å²) in [6.07, 6.45) is 0. The number of anilines is 1. The van der Waals surface area contributed by atoms with E-state index in [1.54, 1.807) is 30.3 Å². The minimum Gasteiger partial charge on any atom is -0.494 e. The molecule has 2 aromatic carbocycles. The van der Waals surface area contributed by atoms with Crippen LogP contribution in [-0.2, 0) is 0 Å². The van der Waals surface area contributed by atoms with Gasteiger partial charge in [0.1, 0.15) is 11.4 Å². The van der Waals surface area contributed by atoms with Crippen LogP contribution in [0.4, 0.5) is 5.69 Å². The first-order chi connectivity index (χ1) is 12.2. The summed E-state index contributed by atoms with van der Waals surface area (Å²) in [6.45, 7) is 2.54. The molecule has 0 saturated heterocycles. The number of carbonyl (C=O) groups is 1. The van der Waals surface area contributed by atoms with E-state index in [9.17, 15) is 4.79 Å². The van der Waals surface area contributed by atoms with E-state index in [1.165, 1.54) is 0 Å². The second-order valence-corrected chi connectivity index (χ2v) is 5.27. The van der Waals surface area contributed by atoms with Crippen molar-refractivity contribution in [2.75, 3.05) is 11.9 Å². The number of carbonyl (C=O) groups excluding carboxylic acids is 1. The Morgan fingerprint density at radius 1 is 1.24 bits per heavy atom. The number of ether oxygens (including phenoxy) is 1. The molecule has 0 fully saturated rings. The van der Waals surface area contributed by atoms with E-state index in [0.29, 0.717) is 29.2 Å². The fraction of sp³-hybridized carbons (Fsp3) is 0.105. The second kappa shape index (κ2) is 7.32. The Kier molecular flexibility index (Phi) is 4.77. The highest BCUT2D eigenvalue weighted by Gasteiger charge is 2.11. The largest absolute Gasteiger partial charge is 0.494 e. The van der Waals surface area contributed by atoms with Crippen molar-refractivity contribution in [3.63, 3.8) is 0 Å². The average molecular weight is 332 g/mol. The quantitative estimate of drug-likeness (QED) is 0.747. The molecule has 0 radical (unpaired) electrons. The maximum Gasteiger partial charge on any atom is 0.273 e. The van der Waals surface area contributed by atoms with Crippen LogP contribution in [0, 0.1) is 11.3 Å². The summed E-state index contributed by atoms with van der Waals surface area (Å²) >= 11 is 0. The number of hydrogen-bond acceptors (Lipinski definition) is 4. The highest BCUT2D eigenvalue weighted by atomic mass is 16.5. The fourth-order valence-corrected chi connectivity index (χ4v) is 2.34. The van der Waals surface area contributed by atoms with Gasteiger partial charge in [-0.25, -0.2) is 0 Å². The van der Waals surface area contributed by atoms with E-state index >= 15 is 0 Å². The Bertz CT molecular complexity index is 923. The summed E-state index contributed by atoms with van der Waals surface area (Å²) in [6, 6.07) is 17.9. The molecule has 0 atom stereocenters. The minimum atomic E-state index is -0.320. The molecule has 6 heteroatoms. The van der Waals surface area contributed by atoms with E-state index in [-0.39, 0.29) is 5.91 Å². The lowest BCUT2D eigenvalue weighted by Crippen LogP contribution is -2.12. The molecule has 25 heavy (non-hydrogen) atoms. The van der Waals surface area contributed by atoms with Crippen molar-refractivity contribution in [3.05, 3.63) is 65.9 Å². The van der Waals surface area contributed by atoms with Crippen molar-refractivity contribution >= 4 is 11.6 Å². The summed E-state index contributed by atoms with van der Waals surface area (Å²) in [5.74, 6) is 0.469. The van der Waals surface area contributed by atoms with Crippen LogP contribution >= 0.6 is 0 Å². The number of nitrogens with one attached hydrogen (secondary N) is 2. The van der Waals surface area contributed by atoms with Gasteiger partial charge in [0.2, 0.25) is 0 Å². The average Bonchev–Trinajstić information content (AvgIpc) is 3.13. The predicted molar refractivity (Wildman–Crippen MR) is 94.3 cm³/mol. The van der Waals surface area contributed by atoms with E-state index in [0.717, 1.165) is 11.3 Å². The Balaban J connectivity index is 1.74. The van der Waals surface area contributed by atoms with Gasteiger partial charge in [-0.3, -0.25) is 9.89 Å². The summed E-state index contributed by atoms with van der Waals surface area (Å²) in [4.78, 5) is 12.3. The maximum atomic E-state index is 12.3. The smallest absolute Gasteiger partial charge is 0.273 e. The van der Waals surface area contributed by atoms with E-state index in [4.69, 9.17) is 10.00 Å². The monoisotopic (exact) mass is 332 g/mol. The third-order valence-corrected chi connectivity index (χ3v) is 3.53. The van der Waals surface area contributed by atoms with Crippen LogP contribution in [0.2, 0.25) is 0 Å². The molecule has 0 aliphatic heterocycles. The number of benzene rings is 2. The van der Waals surface area contributed by atoms with Gasteiger partial charge in [0.05, 0.1) is 23.9 Å². The number of aromatic amines is 1. The molecule has 0 aliphatic rings. The summed E-state index contributed by atoms with van der Waals surface area (Å²) in [7, 11) is 0. The summed E-state index contributed by atoms with van der Waals surface area (Å²) < 4.78 is 5.41. The molecule has 0 unspecified atom stereocenters. The molecule has 3 aromatic rings. The van der Waals surface area contributed by atoms with Crippen LogP contribution in [0.15, 0.2) is 54.6 Å². The van der Waals surface area contributed by atoms with Crippen molar-refractivity contribution in [2.24, 2.45) is 0 Å².